The molecule has 0 aliphatic rings. The molecule has 3 nitrogen and oxygen atoms in total. The van der Waals surface area contributed by atoms with Gasteiger partial charge in [-0.05, 0) is 26.0 Å². The number of aryl methyl sites for hydroxylation is 2. The predicted molar refractivity (Wildman–Crippen MR) is 85.4 cm³/mol. The quantitative estimate of drug-likeness (QED) is 0.521. The van der Waals surface area contributed by atoms with E-state index in [1.54, 1.807) is 6.33 Å². The first-order valence-electron chi connectivity index (χ1n) is 7.04. The maximum absolute atomic E-state index is 4.73. The zero-order chi connectivity index (χ0) is 14.4. The summed E-state index contributed by atoms with van der Waals surface area (Å²) < 4.78 is 1.88. The Bertz CT molecular complexity index is 967. The summed E-state index contributed by atoms with van der Waals surface area (Å²) in [5, 5.41) is 5.87. The zero-order valence-corrected chi connectivity index (χ0v) is 12.0. The molecule has 0 saturated carbocycles. The van der Waals surface area contributed by atoms with Crippen LogP contribution in [0.3, 0.4) is 0 Å². The fourth-order valence-electron chi connectivity index (χ4n) is 2.90. The average molecular weight is 273 g/mol. The molecule has 0 bridgehead atoms. The van der Waals surface area contributed by atoms with Crippen LogP contribution in [0.2, 0.25) is 0 Å². The van der Waals surface area contributed by atoms with Crippen LogP contribution in [-0.4, -0.2) is 14.6 Å². The highest BCUT2D eigenvalue weighted by Gasteiger charge is 2.13. The molecule has 0 N–H and O–H groups in total. The Morgan fingerprint density at radius 3 is 2.67 bits per heavy atom. The minimum atomic E-state index is 1.00. The summed E-state index contributed by atoms with van der Waals surface area (Å²) in [5.74, 6) is 0. The van der Waals surface area contributed by atoms with Gasteiger partial charge in [-0.25, -0.2) is 9.50 Å². The van der Waals surface area contributed by atoms with Gasteiger partial charge in [-0.2, -0.15) is 5.10 Å². The van der Waals surface area contributed by atoms with Crippen LogP contribution in [-0.2, 0) is 0 Å². The Morgan fingerprint density at radius 1 is 0.952 bits per heavy atom. The molecule has 0 aliphatic heterocycles. The monoisotopic (exact) mass is 273 g/mol. The Hall–Kier alpha value is -2.68. The van der Waals surface area contributed by atoms with Gasteiger partial charge in [-0.15, -0.1) is 0 Å². The number of aromatic nitrogens is 3. The SMILES string of the molecule is Cc1cccc(-c2nn3cnc4ccccc4c3c2C)c1. The van der Waals surface area contributed by atoms with Gasteiger partial charge in [-0.1, -0.05) is 42.0 Å². The van der Waals surface area contributed by atoms with E-state index in [2.05, 4.69) is 49.2 Å². The van der Waals surface area contributed by atoms with E-state index in [-0.39, 0.29) is 0 Å². The van der Waals surface area contributed by atoms with E-state index in [4.69, 9.17) is 5.10 Å². The molecular weight excluding hydrogens is 258 g/mol. The molecule has 0 radical (unpaired) electrons. The summed E-state index contributed by atoms with van der Waals surface area (Å²) in [4.78, 5) is 4.48. The van der Waals surface area contributed by atoms with Crippen LogP contribution < -0.4 is 0 Å². The number of hydrogen-bond donors (Lipinski definition) is 0. The van der Waals surface area contributed by atoms with Crippen molar-refractivity contribution < 1.29 is 0 Å². The highest BCUT2D eigenvalue weighted by atomic mass is 15.2. The first-order chi connectivity index (χ1) is 10.2. The molecule has 0 amide bonds. The smallest absolute Gasteiger partial charge is 0.118 e. The number of hydrogen-bond acceptors (Lipinski definition) is 2. The predicted octanol–water partition coefficient (Wildman–Crippen LogP) is 4.17. The Labute approximate surface area is 122 Å². The maximum atomic E-state index is 4.73. The fourth-order valence-corrected chi connectivity index (χ4v) is 2.90. The molecule has 0 atom stereocenters. The third kappa shape index (κ3) is 1.82. The van der Waals surface area contributed by atoms with Crippen LogP contribution in [0.1, 0.15) is 11.1 Å². The number of para-hydroxylation sites is 1. The molecule has 0 spiro atoms. The first-order valence-corrected chi connectivity index (χ1v) is 7.04. The lowest BCUT2D eigenvalue weighted by atomic mass is 10.0. The first kappa shape index (κ1) is 12.1. The van der Waals surface area contributed by atoms with Crippen molar-refractivity contribution in [1.82, 2.24) is 14.6 Å². The van der Waals surface area contributed by atoms with Crippen LogP contribution >= 0.6 is 0 Å². The van der Waals surface area contributed by atoms with Gasteiger partial charge in [0.15, 0.2) is 0 Å². The van der Waals surface area contributed by atoms with Crippen molar-refractivity contribution >= 4 is 16.4 Å². The van der Waals surface area contributed by atoms with Crippen molar-refractivity contribution in [1.29, 1.82) is 0 Å². The normalized spacial score (nSPS) is 11.3. The van der Waals surface area contributed by atoms with Crippen molar-refractivity contribution in [2.45, 2.75) is 13.8 Å². The van der Waals surface area contributed by atoms with Crippen molar-refractivity contribution in [3.63, 3.8) is 0 Å². The lowest BCUT2D eigenvalue weighted by molar-refractivity contribution is 0.938. The second-order valence-corrected chi connectivity index (χ2v) is 5.40. The molecule has 4 rings (SSSR count). The topological polar surface area (TPSA) is 30.2 Å². The number of rotatable bonds is 1. The van der Waals surface area contributed by atoms with Crippen molar-refractivity contribution in [3.8, 4) is 11.3 Å². The van der Waals surface area contributed by atoms with Gasteiger partial charge in [-0.3, -0.25) is 0 Å². The van der Waals surface area contributed by atoms with E-state index in [1.165, 1.54) is 11.1 Å². The Kier molecular flexibility index (Phi) is 2.54. The van der Waals surface area contributed by atoms with Gasteiger partial charge in [0.05, 0.1) is 16.7 Å². The second kappa shape index (κ2) is 4.42. The third-order valence-corrected chi connectivity index (χ3v) is 3.90. The van der Waals surface area contributed by atoms with Crippen molar-refractivity contribution in [3.05, 3.63) is 66.0 Å². The molecular formula is C18H15N3. The van der Waals surface area contributed by atoms with Crippen LogP contribution in [0, 0.1) is 13.8 Å². The van der Waals surface area contributed by atoms with Crippen LogP contribution in [0.4, 0.5) is 0 Å². The molecule has 2 aromatic carbocycles. The fraction of sp³-hybridized carbons (Fsp3) is 0.111. The van der Waals surface area contributed by atoms with Crippen LogP contribution in [0.5, 0.6) is 0 Å². The summed E-state index contributed by atoms with van der Waals surface area (Å²) in [6, 6.07) is 16.7. The summed E-state index contributed by atoms with van der Waals surface area (Å²) >= 11 is 0. The summed E-state index contributed by atoms with van der Waals surface area (Å²) in [6.45, 7) is 4.23. The second-order valence-electron chi connectivity index (χ2n) is 5.40. The standard InChI is InChI=1S/C18H15N3/c1-12-6-5-7-14(10-12)17-13(2)18-15-8-3-4-9-16(15)19-11-21(18)20-17/h3-11H,1-2H3. The van der Waals surface area contributed by atoms with Crippen LogP contribution in [0.15, 0.2) is 54.9 Å². The average Bonchev–Trinajstić information content (AvgIpc) is 2.85. The lowest BCUT2D eigenvalue weighted by Crippen LogP contribution is -1.90. The molecule has 4 aromatic rings. The molecule has 0 aliphatic carbocycles. The largest absolute Gasteiger partial charge is 0.236 e. The maximum Gasteiger partial charge on any atom is 0.118 e. The van der Waals surface area contributed by atoms with E-state index in [1.807, 2.05) is 22.7 Å². The molecule has 2 heterocycles. The van der Waals surface area contributed by atoms with Gasteiger partial charge < -0.3 is 0 Å². The highest BCUT2D eigenvalue weighted by molar-refractivity contribution is 5.96. The molecule has 102 valence electrons. The molecule has 0 saturated heterocycles. The van der Waals surface area contributed by atoms with E-state index in [0.717, 1.165) is 27.7 Å². The molecule has 0 unspecified atom stereocenters. The number of fused-ring (bicyclic) bond motifs is 3. The van der Waals surface area contributed by atoms with E-state index in [0.29, 0.717) is 0 Å². The van der Waals surface area contributed by atoms with Crippen molar-refractivity contribution in [2.24, 2.45) is 0 Å². The lowest BCUT2D eigenvalue weighted by Gasteiger charge is -2.01. The third-order valence-electron chi connectivity index (χ3n) is 3.90. The highest BCUT2D eigenvalue weighted by Crippen LogP contribution is 2.29. The van der Waals surface area contributed by atoms with Crippen LogP contribution in [0.25, 0.3) is 27.7 Å². The van der Waals surface area contributed by atoms with Gasteiger partial charge in [0.25, 0.3) is 0 Å². The summed E-state index contributed by atoms with van der Waals surface area (Å²) in [7, 11) is 0. The minimum Gasteiger partial charge on any atom is -0.236 e. The summed E-state index contributed by atoms with van der Waals surface area (Å²) in [6.07, 6.45) is 1.80. The number of nitrogens with zero attached hydrogens (tertiary/aromatic N) is 3. The Balaban J connectivity index is 2.08. The molecule has 2 aromatic heterocycles. The van der Waals surface area contributed by atoms with Gasteiger partial charge in [0.2, 0.25) is 0 Å². The molecule has 3 heteroatoms. The molecule has 0 fully saturated rings. The van der Waals surface area contributed by atoms with Gasteiger partial charge in [0, 0.05) is 16.5 Å². The zero-order valence-electron chi connectivity index (χ0n) is 12.0. The Morgan fingerprint density at radius 2 is 1.81 bits per heavy atom. The van der Waals surface area contributed by atoms with Crippen molar-refractivity contribution in [2.75, 3.05) is 0 Å². The summed E-state index contributed by atoms with van der Waals surface area (Å²) in [5.41, 5.74) is 6.75. The minimum absolute atomic E-state index is 1.00. The van der Waals surface area contributed by atoms with E-state index < -0.39 is 0 Å². The van der Waals surface area contributed by atoms with Gasteiger partial charge >= 0.3 is 0 Å². The van der Waals surface area contributed by atoms with Gasteiger partial charge in [0.1, 0.15) is 6.33 Å². The van der Waals surface area contributed by atoms with E-state index >= 15 is 0 Å². The molecule has 21 heavy (non-hydrogen) atoms. The van der Waals surface area contributed by atoms with E-state index in [9.17, 15) is 0 Å². The number of benzene rings is 2.